The number of hydrogen-bond acceptors (Lipinski definition) is 2. The Labute approximate surface area is 241 Å². The SMILES string of the molecule is O.O=[PH](O)C(O)c1ccccc1.[NaH].[NaH].[NaH].[NaH].[NaH].[NaH]. The second kappa shape index (κ2) is 27.2. The van der Waals surface area contributed by atoms with Crippen LogP contribution in [0.4, 0.5) is 0 Å². The summed E-state index contributed by atoms with van der Waals surface area (Å²) >= 11 is 0. The molecule has 0 fully saturated rings. The number of rotatable bonds is 2. The summed E-state index contributed by atoms with van der Waals surface area (Å²) in [5, 5.41) is 9.08. The molecule has 18 heavy (non-hydrogen) atoms. The van der Waals surface area contributed by atoms with E-state index < -0.39 is 13.9 Å². The number of aliphatic hydroxyl groups is 1. The monoisotopic (exact) mass is 334 g/mol. The van der Waals surface area contributed by atoms with Crippen molar-refractivity contribution in [1.29, 1.82) is 0 Å². The summed E-state index contributed by atoms with van der Waals surface area (Å²) in [6.45, 7) is 0. The topological polar surface area (TPSA) is 89.0 Å². The van der Waals surface area contributed by atoms with Gasteiger partial charge in [0.25, 0.3) is 0 Å². The second-order valence-corrected chi connectivity index (χ2v) is 3.37. The summed E-state index contributed by atoms with van der Waals surface area (Å²) in [5.74, 6) is -1.22. The van der Waals surface area contributed by atoms with E-state index in [2.05, 4.69) is 0 Å². The summed E-state index contributed by atoms with van der Waals surface area (Å²) < 4.78 is 10.4. The van der Waals surface area contributed by atoms with Gasteiger partial charge in [-0.2, -0.15) is 0 Å². The van der Waals surface area contributed by atoms with E-state index in [4.69, 9.17) is 10.00 Å². The van der Waals surface area contributed by atoms with E-state index in [0.29, 0.717) is 5.56 Å². The van der Waals surface area contributed by atoms with Crippen molar-refractivity contribution in [1.82, 2.24) is 0 Å². The van der Waals surface area contributed by atoms with Gasteiger partial charge in [0.15, 0.2) is 5.85 Å². The molecule has 80 valence electrons. The summed E-state index contributed by atoms with van der Waals surface area (Å²) in [7, 11) is -2.86. The molecule has 0 bridgehead atoms. The van der Waals surface area contributed by atoms with Gasteiger partial charge in [-0.1, -0.05) is 30.3 Å². The minimum absolute atomic E-state index is 0. The maximum absolute atomic E-state index is 10.4. The fraction of sp³-hybridized carbons (Fsp3) is 0.143. The molecule has 0 aliphatic rings. The van der Waals surface area contributed by atoms with Crippen LogP contribution < -0.4 is 0 Å². The third-order valence-electron chi connectivity index (χ3n) is 1.35. The number of benzene rings is 1. The Balaban J connectivity index is -0.0000000346. The molecule has 0 amide bonds. The first-order valence-corrected chi connectivity index (χ1v) is 4.61. The predicted octanol–water partition coefficient (Wildman–Crippen LogP) is -3.57. The standard InChI is InChI=1S/C7H9O3P.6Na.H2O.6H/c8-7(11(9)10)6-4-2-1-3-5-6;;;;;;;;;;;;;/h1-5,7-8,11H,(H,9,10);;;;;;;1H2;;;;;;. The Morgan fingerprint density at radius 1 is 0.889 bits per heavy atom. The van der Waals surface area contributed by atoms with E-state index in [9.17, 15) is 4.57 Å². The molecule has 2 unspecified atom stereocenters. The van der Waals surface area contributed by atoms with Crippen molar-refractivity contribution in [3.8, 4) is 0 Å². The molecule has 11 heteroatoms. The first kappa shape index (κ1) is 43.6. The van der Waals surface area contributed by atoms with Gasteiger partial charge in [-0.15, -0.1) is 0 Å². The van der Waals surface area contributed by atoms with Gasteiger partial charge in [-0.25, -0.2) is 0 Å². The molecule has 1 aromatic carbocycles. The van der Waals surface area contributed by atoms with E-state index in [1.807, 2.05) is 0 Å². The molecular formula is C7H17Na6O4P. The van der Waals surface area contributed by atoms with E-state index in [-0.39, 0.29) is 183 Å². The van der Waals surface area contributed by atoms with Crippen LogP contribution >= 0.6 is 8.03 Å². The molecule has 0 saturated heterocycles. The third-order valence-corrected chi connectivity index (χ3v) is 2.15. The zero-order chi connectivity index (χ0) is 8.27. The van der Waals surface area contributed by atoms with Crippen molar-refractivity contribution in [2.45, 2.75) is 5.85 Å². The first-order valence-electron chi connectivity index (χ1n) is 3.17. The van der Waals surface area contributed by atoms with Gasteiger partial charge < -0.3 is 15.5 Å². The number of aliphatic hydroxyl groups excluding tert-OH is 1. The van der Waals surface area contributed by atoms with Crippen LogP contribution in [0.5, 0.6) is 0 Å². The van der Waals surface area contributed by atoms with Crippen molar-refractivity contribution in [2.75, 3.05) is 0 Å². The van der Waals surface area contributed by atoms with E-state index in [1.165, 1.54) is 0 Å². The van der Waals surface area contributed by atoms with Crippen molar-refractivity contribution in [3.63, 3.8) is 0 Å². The first-order chi connectivity index (χ1) is 5.22. The average Bonchev–Trinajstić information content (AvgIpc) is 2.05. The zero-order valence-corrected chi connectivity index (χ0v) is 7.27. The van der Waals surface area contributed by atoms with Crippen molar-refractivity contribution >= 4 is 185 Å². The van der Waals surface area contributed by atoms with Crippen LogP contribution in [0.25, 0.3) is 0 Å². The molecule has 0 aliphatic carbocycles. The molecule has 0 heterocycles. The Morgan fingerprint density at radius 3 is 1.50 bits per heavy atom. The van der Waals surface area contributed by atoms with Crippen LogP contribution in [0, 0.1) is 0 Å². The van der Waals surface area contributed by atoms with Crippen molar-refractivity contribution in [3.05, 3.63) is 35.9 Å². The molecule has 0 spiro atoms. The maximum atomic E-state index is 10.4. The summed E-state index contributed by atoms with van der Waals surface area (Å²) in [5.41, 5.74) is 0.485. The molecule has 0 aromatic heterocycles. The molecule has 1 rings (SSSR count). The fourth-order valence-corrected chi connectivity index (χ4v) is 1.26. The predicted molar refractivity (Wildman–Crippen MR) is 89.1 cm³/mol. The van der Waals surface area contributed by atoms with Crippen LogP contribution in [0.15, 0.2) is 30.3 Å². The average molecular weight is 334 g/mol. The van der Waals surface area contributed by atoms with Crippen molar-refractivity contribution in [2.24, 2.45) is 0 Å². The van der Waals surface area contributed by atoms with Crippen LogP contribution in [0.3, 0.4) is 0 Å². The van der Waals surface area contributed by atoms with Crippen LogP contribution in [-0.2, 0) is 4.57 Å². The molecule has 2 atom stereocenters. The Kier molecular flexibility index (Phi) is 65.9. The molecule has 1 aromatic rings. The van der Waals surface area contributed by atoms with E-state index in [1.54, 1.807) is 30.3 Å². The van der Waals surface area contributed by atoms with Gasteiger partial charge in [-0.05, 0) is 5.56 Å². The normalized spacial score (nSPS) is 9.67. The molecule has 4 nitrogen and oxygen atoms in total. The van der Waals surface area contributed by atoms with Gasteiger partial charge in [0, 0.05) is 0 Å². The minimum atomic E-state index is -2.86. The van der Waals surface area contributed by atoms with E-state index in [0.717, 1.165) is 0 Å². The van der Waals surface area contributed by atoms with Gasteiger partial charge in [-0.3, -0.25) is 4.57 Å². The molecule has 0 aliphatic heterocycles. The second-order valence-electron chi connectivity index (χ2n) is 2.15. The fourth-order valence-electron chi connectivity index (χ4n) is 0.778. The third kappa shape index (κ3) is 19.4. The Bertz CT molecular complexity index is 265. The van der Waals surface area contributed by atoms with Gasteiger partial charge in [0.05, 0.1) is 0 Å². The Morgan fingerprint density at radius 2 is 1.22 bits per heavy atom. The molecule has 0 saturated carbocycles. The van der Waals surface area contributed by atoms with Crippen LogP contribution in [0.1, 0.15) is 11.4 Å². The van der Waals surface area contributed by atoms with Gasteiger partial charge in [0.1, 0.15) is 0 Å². The van der Waals surface area contributed by atoms with Crippen LogP contribution in [0.2, 0.25) is 0 Å². The molecular weight excluding hydrogens is 317 g/mol. The van der Waals surface area contributed by atoms with Gasteiger partial charge in [0.2, 0.25) is 8.03 Å². The number of hydrogen-bond donors (Lipinski definition) is 2. The van der Waals surface area contributed by atoms with E-state index >= 15 is 0 Å². The summed E-state index contributed by atoms with van der Waals surface area (Å²) in [6.07, 6.45) is 0. The Hall–Kier alpha value is 5.33. The summed E-state index contributed by atoms with van der Waals surface area (Å²) in [4.78, 5) is 8.57. The molecule has 0 radical (unpaired) electrons. The van der Waals surface area contributed by atoms with Crippen molar-refractivity contribution < 1.29 is 20.0 Å². The summed E-state index contributed by atoms with van der Waals surface area (Å²) in [6, 6.07) is 8.43. The van der Waals surface area contributed by atoms with Crippen LogP contribution in [-0.4, -0.2) is 193 Å². The zero-order valence-electron chi connectivity index (χ0n) is 6.27. The quantitative estimate of drug-likeness (QED) is 0.433. The van der Waals surface area contributed by atoms with Gasteiger partial charge >= 0.3 is 177 Å². The molecule has 4 N–H and O–H groups in total.